The maximum Gasteiger partial charge on any atom is 0.259 e. The summed E-state index contributed by atoms with van der Waals surface area (Å²) in [4.78, 5) is 19.2. The number of rotatable bonds is 3. The summed E-state index contributed by atoms with van der Waals surface area (Å²) in [5.41, 5.74) is 4.10. The molecule has 3 heterocycles. The smallest absolute Gasteiger partial charge is 0.259 e. The van der Waals surface area contributed by atoms with Crippen molar-refractivity contribution >= 4 is 11.6 Å². The fraction of sp³-hybridized carbons (Fsp3) is 0.429. The lowest BCUT2D eigenvalue weighted by Crippen LogP contribution is -2.35. The molecule has 2 aromatic rings. The molecule has 1 amide bonds. The van der Waals surface area contributed by atoms with Gasteiger partial charge in [-0.05, 0) is 37.5 Å². The molecule has 0 radical (unpaired) electrons. The van der Waals surface area contributed by atoms with Crippen LogP contribution in [0, 0.1) is 6.92 Å². The number of nitrogens with zero attached hydrogens (tertiary/aromatic N) is 2. The van der Waals surface area contributed by atoms with Gasteiger partial charge in [0.25, 0.3) is 5.91 Å². The van der Waals surface area contributed by atoms with Gasteiger partial charge in [0.1, 0.15) is 6.10 Å². The van der Waals surface area contributed by atoms with Gasteiger partial charge in [0, 0.05) is 37.3 Å². The molecule has 2 aliphatic heterocycles. The second-order valence-corrected chi connectivity index (χ2v) is 7.01. The molecule has 136 valence electrons. The van der Waals surface area contributed by atoms with Crippen LogP contribution in [-0.2, 0) is 11.2 Å². The fourth-order valence-corrected chi connectivity index (χ4v) is 3.63. The van der Waals surface area contributed by atoms with Crippen molar-refractivity contribution in [1.29, 1.82) is 0 Å². The Morgan fingerprint density at radius 1 is 1.23 bits per heavy atom. The Hall–Kier alpha value is -2.40. The summed E-state index contributed by atoms with van der Waals surface area (Å²) in [7, 11) is 0. The zero-order chi connectivity index (χ0) is 17.9. The highest BCUT2D eigenvalue weighted by Crippen LogP contribution is 2.29. The largest absolute Gasteiger partial charge is 0.474 e. The van der Waals surface area contributed by atoms with Gasteiger partial charge in [0.05, 0.1) is 18.8 Å². The van der Waals surface area contributed by atoms with E-state index in [1.807, 2.05) is 11.0 Å². The van der Waals surface area contributed by atoms with E-state index in [1.54, 1.807) is 12.3 Å². The molecule has 0 atom stereocenters. The summed E-state index contributed by atoms with van der Waals surface area (Å²) in [5, 5.41) is 0. The van der Waals surface area contributed by atoms with Crippen LogP contribution in [0.4, 0.5) is 5.69 Å². The Morgan fingerprint density at radius 3 is 2.85 bits per heavy atom. The molecule has 2 aliphatic rings. The van der Waals surface area contributed by atoms with E-state index in [9.17, 15) is 4.79 Å². The van der Waals surface area contributed by atoms with E-state index in [-0.39, 0.29) is 12.0 Å². The van der Waals surface area contributed by atoms with Crippen molar-refractivity contribution in [1.82, 2.24) is 4.98 Å². The molecule has 1 fully saturated rings. The van der Waals surface area contributed by atoms with Crippen LogP contribution in [0.2, 0.25) is 0 Å². The van der Waals surface area contributed by atoms with Crippen molar-refractivity contribution < 1.29 is 14.3 Å². The van der Waals surface area contributed by atoms with Crippen molar-refractivity contribution in [2.24, 2.45) is 0 Å². The van der Waals surface area contributed by atoms with Crippen LogP contribution in [0.5, 0.6) is 5.88 Å². The average Bonchev–Trinajstić information content (AvgIpc) is 2.68. The Bertz CT molecular complexity index is 782. The van der Waals surface area contributed by atoms with Gasteiger partial charge in [-0.2, -0.15) is 0 Å². The number of hydrogen-bond donors (Lipinski definition) is 0. The summed E-state index contributed by atoms with van der Waals surface area (Å²) in [5.74, 6) is 0.572. The molecule has 0 saturated carbocycles. The first kappa shape index (κ1) is 17.0. The first-order valence-corrected chi connectivity index (χ1v) is 9.32. The van der Waals surface area contributed by atoms with Crippen LogP contribution in [0.3, 0.4) is 0 Å². The highest BCUT2D eigenvalue weighted by molar-refractivity contribution is 6.06. The molecule has 0 aliphatic carbocycles. The SMILES string of the molecule is Cc1ccc2c(c1)CCCN2C(=O)c1ccc(OC2CCOCC2)nc1. The highest BCUT2D eigenvalue weighted by atomic mass is 16.5. The van der Waals surface area contributed by atoms with E-state index in [4.69, 9.17) is 9.47 Å². The average molecular weight is 352 g/mol. The number of aromatic nitrogens is 1. The number of carbonyl (C=O) groups is 1. The number of hydrogen-bond acceptors (Lipinski definition) is 4. The van der Waals surface area contributed by atoms with Crippen LogP contribution >= 0.6 is 0 Å². The second-order valence-electron chi connectivity index (χ2n) is 7.01. The first-order chi connectivity index (χ1) is 12.7. The number of anilines is 1. The zero-order valence-corrected chi connectivity index (χ0v) is 15.1. The molecule has 1 saturated heterocycles. The Kier molecular flexibility index (Phi) is 4.89. The lowest BCUT2D eigenvalue weighted by Gasteiger charge is -2.30. The van der Waals surface area contributed by atoms with Crippen molar-refractivity contribution in [3.05, 3.63) is 53.2 Å². The molecule has 26 heavy (non-hydrogen) atoms. The minimum Gasteiger partial charge on any atom is -0.474 e. The molecule has 0 unspecified atom stereocenters. The number of benzene rings is 1. The van der Waals surface area contributed by atoms with Gasteiger partial charge in [0.15, 0.2) is 0 Å². The summed E-state index contributed by atoms with van der Waals surface area (Å²) in [6.45, 7) is 4.29. The third-order valence-electron chi connectivity index (χ3n) is 5.04. The number of amides is 1. The normalized spacial score (nSPS) is 17.7. The highest BCUT2D eigenvalue weighted by Gasteiger charge is 2.24. The van der Waals surface area contributed by atoms with Gasteiger partial charge in [0.2, 0.25) is 5.88 Å². The minimum absolute atomic E-state index is 0.0000746. The van der Waals surface area contributed by atoms with Gasteiger partial charge < -0.3 is 14.4 Å². The maximum absolute atomic E-state index is 13.0. The Morgan fingerprint density at radius 2 is 2.08 bits per heavy atom. The van der Waals surface area contributed by atoms with E-state index < -0.39 is 0 Å². The van der Waals surface area contributed by atoms with E-state index in [0.717, 1.165) is 51.1 Å². The molecule has 5 nitrogen and oxygen atoms in total. The molecular formula is C21H24N2O3. The van der Waals surface area contributed by atoms with Crippen LogP contribution in [-0.4, -0.2) is 36.8 Å². The Labute approximate surface area is 153 Å². The quantitative estimate of drug-likeness (QED) is 0.848. The van der Waals surface area contributed by atoms with E-state index in [1.165, 1.54) is 11.1 Å². The standard InChI is InChI=1S/C21H24N2O3/c1-15-4-6-19-16(13-15)3-2-10-23(19)21(24)17-5-7-20(22-14-17)26-18-8-11-25-12-9-18/h4-7,13-14,18H,2-3,8-12H2,1H3. The van der Waals surface area contributed by atoms with E-state index >= 15 is 0 Å². The molecule has 4 rings (SSSR count). The summed E-state index contributed by atoms with van der Waals surface area (Å²) < 4.78 is 11.2. The number of fused-ring (bicyclic) bond motifs is 1. The number of ether oxygens (including phenoxy) is 2. The minimum atomic E-state index is -0.0000746. The fourth-order valence-electron chi connectivity index (χ4n) is 3.63. The van der Waals surface area contributed by atoms with Crippen LogP contribution in [0.1, 0.15) is 40.7 Å². The third kappa shape index (κ3) is 3.58. The third-order valence-corrected chi connectivity index (χ3v) is 5.04. The molecule has 1 aromatic carbocycles. The Balaban J connectivity index is 1.48. The van der Waals surface area contributed by atoms with E-state index in [2.05, 4.69) is 30.1 Å². The van der Waals surface area contributed by atoms with Gasteiger partial charge in [-0.25, -0.2) is 4.98 Å². The van der Waals surface area contributed by atoms with Gasteiger partial charge in [-0.15, -0.1) is 0 Å². The predicted octanol–water partition coefficient (Wildman–Crippen LogP) is 3.54. The van der Waals surface area contributed by atoms with Gasteiger partial charge in [-0.3, -0.25) is 4.79 Å². The van der Waals surface area contributed by atoms with Gasteiger partial charge in [-0.1, -0.05) is 17.7 Å². The van der Waals surface area contributed by atoms with Crippen molar-refractivity contribution in [3.63, 3.8) is 0 Å². The topological polar surface area (TPSA) is 51.7 Å². The molecule has 0 spiro atoms. The molecule has 1 aromatic heterocycles. The van der Waals surface area contributed by atoms with Crippen molar-refractivity contribution in [3.8, 4) is 5.88 Å². The predicted molar refractivity (Wildman–Crippen MR) is 99.9 cm³/mol. The second kappa shape index (κ2) is 7.46. The lowest BCUT2D eigenvalue weighted by atomic mass is 9.99. The van der Waals surface area contributed by atoms with E-state index in [0.29, 0.717) is 11.4 Å². The maximum atomic E-state index is 13.0. The summed E-state index contributed by atoms with van der Waals surface area (Å²) in [6.07, 6.45) is 5.55. The van der Waals surface area contributed by atoms with Crippen LogP contribution in [0.25, 0.3) is 0 Å². The molecule has 0 bridgehead atoms. The number of aryl methyl sites for hydroxylation is 2. The molecule has 5 heteroatoms. The van der Waals surface area contributed by atoms with Crippen molar-refractivity contribution in [2.75, 3.05) is 24.7 Å². The van der Waals surface area contributed by atoms with Crippen LogP contribution in [0.15, 0.2) is 36.5 Å². The zero-order valence-electron chi connectivity index (χ0n) is 15.1. The molecular weight excluding hydrogens is 328 g/mol. The van der Waals surface area contributed by atoms with Gasteiger partial charge >= 0.3 is 0 Å². The first-order valence-electron chi connectivity index (χ1n) is 9.32. The lowest BCUT2D eigenvalue weighted by molar-refractivity contribution is 0.0237. The number of pyridine rings is 1. The van der Waals surface area contributed by atoms with Crippen LogP contribution < -0.4 is 9.64 Å². The van der Waals surface area contributed by atoms with Crippen molar-refractivity contribution in [2.45, 2.75) is 38.7 Å². The summed E-state index contributed by atoms with van der Waals surface area (Å²) >= 11 is 0. The molecule has 0 N–H and O–H groups in total. The summed E-state index contributed by atoms with van der Waals surface area (Å²) in [6, 6.07) is 9.90. The number of carbonyl (C=O) groups excluding carboxylic acids is 1. The monoisotopic (exact) mass is 352 g/mol.